The van der Waals surface area contributed by atoms with Crippen molar-refractivity contribution in [2.45, 2.75) is 25.7 Å². The topological polar surface area (TPSA) is 76.2 Å². The zero-order valence-corrected chi connectivity index (χ0v) is 15.0. The molecule has 0 N–H and O–H groups in total. The molecule has 0 bridgehead atoms. The van der Waals surface area contributed by atoms with Crippen molar-refractivity contribution in [1.29, 1.82) is 0 Å². The molecule has 1 atom stereocenters. The Morgan fingerprint density at radius 2 is 1.62 bits per heavy atom. The lowest BCUT2D eigenvalue weighted by Gasteiger charge is -2.36. The molecule has 3 aliphatic heterocycles. The first-order valence-corrected chi connectivity index (χ1v) is 10.6. The number of rotatable bonds is 4. The average molecular weight is 360 g/mol. The molecule has 3 heterocycles. The first-order valence-electron chi connectivity index (χ1n) is 8.98. The second kappa shape index (κ2) is 8.12. The zero-order valence-electron chi connectivity index (χ0n) is 14.2. The average Bonchev–Trinajstić information content (AvgIpc) is 2.62. The van der Waals surface area contributed by atoms with E-state index in [4.69, 9.17) is 9.47 Å². The van der Waals surface area contributed by atoms with Crippen molar-refractivity contribution in [3.63, 3.8) is 0 Å². The van der Waals surface area contributed by atoms with Gasteiger partial charge in [-0.05, 0) is 31.6 Å². The van der Waals surface area contributed by atoms with Crippen LogP contribution in [0.1, 0.15) is 25.7 Å². The Labute approximate surface area is 144 Å². The lowest BCUT2D eigenvalue weighted by atomic mass is 9.95. The zero-order chi connectivity index (χ0) is 17.0. The van der Waals surface area contributed by atoms with Crippen LogP contribution < -0.4 is 0 Å². The fourth-order valence-electron chi connectivity index (χ4n) is 3.83. The molecule has 0 aromatic rings. The van der Waals surface area contributed by atoms with Gasteiger partial charge in [-0.3, -0.25) is 4.79 Å². The Balaban J connectivity index is 1.55. The number of morpholine rings is 1. The van der Waals surface area contributed by atoms with E-state index in [-0.39, 0.29) is 23.5 Å². The Hall–Kier alpha value is -0.700. The van der Waals surface area contributed by atoms with Gasteiger partial charge in [0.2, 0.25) is 15.9 Å². The van der Waals surface area contributed by atoms with Crippen molar-refractivity contribution in [2.24, 2.45) is 11.8 Å². The van der Waals surface area contributed by atoms with Crippen molar-refractivity contribution >= 4 is 15.9 Å². The summed E-state index contributed by atoms with van der Waals surface area (Å²) < 4.78 is 37.3. The predicted molar refractivity (Wildman–Crippen MR) is 89.0 cm³/mol. The van der Waals surface area contributed by atoms with E-state index in [9.17, 15) is 13.2 Å². The molecule has 0 spiro atoms. The van der Waals surface area contributed by atoms with Crippen molar-refractivity contribution < 1.29 is 22.7 Å². The fourth-order valence-corrected chi connectivity index (χ4v) is 5.62. The van der Waals surface area contributed by atoms with Crippen LogP contribution >= 0.6 is 0 Å². The highest BCUT2D eigenvalue weighted by atomic mass is 32.2. The summed E-state index contributed by atoms with van der Waals surface area (Å²) in [6.07, 6.45) is 3.33. The van der Waals surface area contributed by atoms with Gasteiger partial charge in [0, 0.05) is 45.3 Å². The minimum atomic E-state index is -3.26. The van der Waals surface area contributed by atoms with Gasteiger partial charge in [0.25, 0.3) is 0 Å². The molecule has 1 unspecified atom stereocenters. The Kier molecular flexibility index (Phi) is 6.12. The molecule has 0 aromatic heterocycles. The van der Waals surface area contributed by atoms with Crippen LogP contribution in [0.15, 0.2) is 0 Å². The first-order chi connectivity index (χ1) is 11.6. The summed E-state index contributed by atoms with van der Waals surface area (Å²) in [4.78, 5) is 14.5. The molecule has 7 nitrogen and oxygen atoms in total. The summed E-state index contributed by atoms with van der Waals surface area (Å²) in [5, 5.41) is 0. The third-order valence-corrected chi connectivity index (χ3v) is 7.26. The van der Waals surface area contributed by atoms with Crippen LogP contribution in [0.4, 0.5) is 0 Å². The molecule has 3 aliphatic rings. The summed E-state index contributed by atoms with van der Waals surface area (Å²) in [6.45, 7) is 4.46. The number of likely N-dealkylation sites (tertiary alicyclic amines) is 1. The molecule has 0 aromatic carbocycles. The Bertz CT molecular complexity index is 527. The van der Waals surface area contributed by atoms with Gasteiger partial charge < -0.3 is 14.4 Å². The molecule has 3 saturated heterocycles. The fraction of sp³-hybridized carbons (Fsp3) is 0.938. The highest BCUT2D eigenvalue weighted by molar-refractivity contribution is 7.89. The number of piperidine rings is 1. The van der Waals surface area contributed by atoms with Gasteiger partial charge in [-0.1, -0.05) is 0 Å². The van der Waals surface area contributed by atoms with Crippen LogP contribution in [-0.2, 0) is 24.3 Å². The summed E-state index contributed by atoms with van der Waals surface area (Å²) >= 11 is 0. The van der Waals surface area contributed by atoms with Gasteiger partial charge in [-0.15, -0.1) is 0 Å². The number of hydrogen-bond donors (Lipinski definition) is 0. The largest absolute Gasteiger partial charge is 0.381 e. The molecule has 3 fully saturated rings. The highest BCUT2D eigenvalue weighted by Crippen LogP contribution is 2.24. The minimum Gasteiger partial charge on any atom is -0.381 e. The molecular formula is C16H28N2O5S. The van der Waals surface area contributed by atoms with Gasteiger partial charge >= 0.3 is 0 Å². The van der Waals surface area contributed by atoms with Crippen molar-refractivity contribution in [1.82, 2.24) is 9.21 Å². The molecular weight excluding hydrogens is 332 g/mol. The van der Waals surface area contributed by atoms with E-state index in [0.29, 0.717) is 46.1 Å². The SMILES string of the molecule is O=C(C1CCOCC1)N1CCCC(CS(=O)(=O)N2CCOCC2)C1. The standard InChI is InChI=1S/C16H28N2O5S/c19-16(15-3-8-22-9-4-15)17-5-1-2-14(12-17)13-24(20,21)18-6-10-23-11-7-18/h14-15H,1-13H2. The minimum absolute atomic E-state index is 0.0374. The third kappa shape index (κ3) is 4.47. The third-order valence-electron chi connectivity index (χ3n) is 5.21. The van der Waals surface area contributed by atoms with Crippen molar-refractivity contribution in [2.75, 3.05) is 58.4 Å². The van der Waals surface area contributed by atoms with E-state index < -0.39 is 10.0 Å². The van der Waals surface area contributed by atoms with Crippen molar-refractivity contribution in [3.05, 3.63) is 0 Å². The summed E-state index contributed by atoms with van der Waals surface area (Å²) in [5.74, 6) is 0.417. The summed E-state index contributed by atoms with van der Waals surface area (Å²) in [5.41, 5.74) is 0. The molecule has 138 valence electrons. The second-order valence-electron chi connectivity index (χ2n) is 6.97. The molecule has 24 heavy (non-hydrogen) atoms. The van der Waals surface area contributed by atoms with Crippen LogP contribution in [0.5, 0.6) is 0 Å². The predicted octanol–water partition coefficient (Wildman–Crippen LogP) is 0.314. The van der Waals surface area contributed by atoms with Gasteiger partial charge in [0.05, 0.1) is 19.0 Å². The van der Waals surface area contributed by atoms with Gasteiger partial charge in [0.1, 0.15) is 0 Å². The van der Waals surface area contributed by atoms with E-state index in [1.165, 1.54) is 4.31 Å². The number of sulfonamides is 1. The van der Waals surface area contributed by atoms with Crippen LogP contribution in [0.3, 0.4) is 0 Å². The Morgan fingerprint density at radius 3 is 2.33 bits per heavy atom. The monoisotopic (exact) mass is 360 g/mol. The normalized spacial score (nSPS) is 28.0. The second-order valence-corrected chi connectivity index (χ2v) is 8.98. The molecule has 1 amide bonds. The van der Waals surface area contributed by atoms with Crippen LogP contribution in [0, 0.1) is 11.8 Å². The lowest BCUT2D eigenvalue weighted by molar-refractivity contribution is -0.140. The Morgan fingerprint density at radius 1 is 0.958 bits per heavy atom. The highest BCUT2D eigenvalue weighted by Gasteiger charge is 2.33. The van der Waals surface area contributed by atoms with Gasteiger partial charge in [0.15, 0.2) is 0 Å². The van der Waals surface area contributed by atoms with E-state index in [2.05, 4.69) is 0 Å². The van der Waals surface area contributed by atoms with Crippen molar-refractivity contribution in [3.8, 4) is 0 Å². The number of ether oxygens (including phenoxy) is 2. The summed E-state index contributed by atoms with van der Waals surface area (Å²) in [6, 6.07) is 0. The first kappa shape index (κ1) is 18.1. The van der Waals surface area contributed by atoms with Gasteiger partial charge in [-0.2, -0.15) is 4.31 Å². The van der Waals surface area contributed by atoms with E-state index in [1.807, 2.05) is 4.90 Å². The number of carbonyl (C=O) groups is 1. The summed E-state index contributed by atoms with van der Waals surface area (Å²) in [7, 11) is -3.26. The van der Waals surface area contributed by atoms with E-state index >= 15 is 0 Å². The molecule has 8 heteroatoms. The quantitative estimate of drug-likeness (QED) is 0.721. The number of nitrogens with zero attached hydrogens (tertiary/aromatic N) is 2. The number of amides is 1. The number of carbonyl (C=O) groups excluding carboxylic acids is 1. The molecule has 3 rings (SSSR count). The maximum atomic E-state index is 12.7. The van der Waals surface area contributed by atoms with Gasteiger partial charge in [-0.25, -0.2) is 8.42 Å². The van der Waals surface area contributed by atoms with E-state index in [0.717, 1.165) is 32.2 Å². The maximum absolute atomic E-state index is 12.7. The van der Waals surface area contributed by atoms with Crippen LogP contribution in [-0.4, -0.2) is 81.9 Å². The maximum Gasteiger partial charge on any atom is 0.225 e. The molecule has 0 aliphatic carbocycles. The number of hydrogen-bond acceptors (Lipinski definition) is 5. The lowest BCUT2D eigenvalue weighted by Crippen LogP contribution is -2.48. The smallest absolute Gasteiger partial charge is 0.225 e. The van der Waals surface area contributed by atoms with Crippen LogP contribution in [0.2, 0.25) is 0 Å². The molecule has 0 saturated carbocycles. The van der Waals surface area contributed by atoms with E-state index in [1.54, 1.807) is 0 Å². The van der Waals surface area contributed by atoms with Crippen LogP contribution in [0.25, 0.3) is 0 Å². The molecule has 0 radical (unpaired) electrons.